The monoisotopic (exact) mass is 223 g/mol. The summed E-state index contributed by atoms with van der Waals surface area (Å²) in [6.07, 6.45) is 0. The summed E-state index contributed by atoms with van der Waals surface area (Å²) in [7, 11) is 0. The van der Waals surface area contributed by atoms with Gasteiger partial charge in [-0.1, -0.05) is 0 Å². The molecule has 0 aliphatic rings. The predicted molar refractivity (Wildman–Crippen MR) is 57.4 cm³/mol. The van der Waals surface area contributed by atoms with Crippen LogP contribution in [-0.2, 0) is 4.79 Å². The molecule has 1 unspecified atom stereocenters. The Labute approximate surface area is 92.7 Å². The van der Waals surface area contributed by atoms with Gasteiger partial charge in [-0.25, -0.2) is 0 Å². The van der Waals surface area contributed by atoms with Gasteiger partial charge in [0.25, 0.3) is 5.91 Å². The van der Waals surface area contributed by atoms with Gasteiger partial charge in [-0.3, -0.25) is 9.59 Å². The molecule has 0 fully saturated rings. The zero-order valence-electron chi connectivity index (χ0n) is 9.02. The highest BCUT2D eigenvalue weighted by atomic mass is 16.4. The average molecular weight is 223 g/mol. The van der Waals surface area contributed by atoms with Gasteiger partial charge in [-0.15, -0.1) is 0 Å². The van der Waals surface area contributed by atoms with E-state index >= 15 is 0 Å². The van der Waals surface area contributed by atoms with Crippen LogP contribution in [0.1, 0.15) is 22.8 Å². The molecular weight excluding hydrogens is 210 g/mol. The van der Waals surface area contributed by atoms with Crippen molar-refractivity contribution >= 4 is 11.9 Å². The molecule has 0 aliphatic heterocycles. The Morgan fingerprint density at radius 2 is 2.00 bits per heavy atom. The Balaban J connectivity index is 2.81. The molecule has 1 aromatic carbocycles. The fourth-order valence-electron chi connectivity index (χ4n) is 1.14. The number of phenolic OH excluding ortho intramolecular Hbond substituents is 1. The fourth-order valence-corrected chi connectivity index (χ4v) is 1.14. The highest BCUT2D eigenvalue weighted by Gasteiger charge is 2.15. The van der Waals surface area contributed by atoms with Crippen molar-refractivity contribution in [1.82, 2.24) is 5.32 Å². The van der Waals surface area contributed by atoms with Crippen LogP contribution in [0.2, 0.25) is 0 Å². The lowest BCUT2D eigenvalue weighted by atomic mass is 10.1. The van der Waals surface area contributed by atoms with Crippen LogP contribution in [-0.4, -0.2) is 28.1 Å². The van der Waals surface area contributed by atoms with Crippen molar-refractivity contribution in [2.45, 2.75) is 19.9 Å². The second-order valence-corrected chi connectivity index (χ2v) is 3.53. The first kappa shape index (κ1) is 12.0. The fraction of sp³-hybridized carbons (Fsp3) is 0.273. The molecule has 5 nitrogen and oxygen atoms in total. The molecule has 0 heterocycles. The largest absolute Gasteiger partial charge is 0.508 e. The minimum atomic E-state index is -1.09. The van der Waals surface area contributed by atoms with E-state index in [1.54, 1.807) is 6.92 Å². The number of aryl methyl sites for hydroxylation is 1. The Bertz CT molecular complexity index is 428. The zero-order valence-corrected chi connectivity index (χ0v) is 9.02. The van der Waals surface area contributed by atoms with Crippen molar-refractivity contribution in [1.29, 1.82) is 0 Å². The van der Waals surface area contributed by atoms with Gasteiger partial charge < -0.3 is 15.5 Å². The molecule has 0 aromatic heterocycles. The van der Waals surface area contributed by atoms with E-state index in [9.17, 15) is 14.7 Å². The predicted octanol–water partition coefficient (Wildman–Crippen LogP) is 0.904. The highest BCUT2D eigenvalue weighted by Crippen LogP contribution is 2.16. The van der Waals surface area contributed by atoms with Crippen molar-refractivity contribution in [2.24, 2.45) is 0 Å². The number of nitrogens with one attached hydrogen (secondary N) is 1. The summed E-state index contributed by atoms with van der Waals surface area (Å²) in [4.78, 5) is 22.1. The first-order valence-electron chi connectivity index (χ1n) is 4.75. The molecule has 0 bridgehead atoms. The highest BCUT2D eigenvalue weighted by molar-refractivity contribution is 5.96. The van der Waals surface area contributed by atoms with Gasteiger partial charge in [0, 0.05) is 5.56 Å². The number of rotatable bonds is 3. The Morgan fingerprint density at radius 1 is 1.38 bits per heavy atom. The van der Waals surface area contributed by atoms with Gasteiger partial charge in [0.1, 0.15) is 11.8 Å². The Hall–Kier alpha value is -2.04. The van der Waals surface area contributed by atoms with Gasteiger partial charge in [0.05, 0.1) is 0 Å². The lowest BCUT2D eigenvalue weighted by Crippen LogP contribution is -2.38. The van der Waals surface area contributed by atoms with Crippen LogP contribution in [0, 0.1) is 6.92 Å². The standard InChI is InChI=1S/C11H13NO4/c1-6-5-8(3-4-9(6)13)10(14)12-7(2)11(15)16/h3-5,7,13H,1-2H3,(H,12,14)(H,15,16). The van der Waals surface area contributed by atoms with E-state index in [4.69, 9.17) is 5.11 Å². The number of carbonyl (C=O) groups excluding carboxylic acids is 1. The normalized spacial score (nSPS) is 11.9. The summed E-state index contributed by atoms with van der Waals surface area (Å²) in [6.45, 7) is 3.04. The lowest BCUT2D eigenvalue weighted by molar-refractivity contribution is -0.138. The van der Waals surface area contributed by atoms with E-state index in [0.717, 1.165) is 0 Å². The summed E-state index contributed by atoms with van der Waals surface area (Å²) in [5.74, 6) is -1.47. The molecule has 0 radical (unpaired) electrons. The van der Waals surface area contributed by atoms with Crippen LogP contribution in [0.25, 0.3) is 0 Å². The summed E-state index contributed by atoms with van der Waals surface area (Å²) in [6, 6.07) is 3.39. The number of hydrogen-bond donors (Lipinski definition) is 3. The Morgan fingerprint density at radius 3 is 2.50 bits per heavy atom. The van der Waals surface area contributed by atoms with Crippen LogP contribution in [0.4, 0.5) is 0 Å². The molecule has 1 rings (SSSR count). The first-order chi connectivity index (χ1) is 7.41. The zero-order chi connectivity index (χ0) is 12.3. The van der Waals surface area contributed by atoms with E-state index < -0.39 is 17.9 Å². The minimum Gasteiger partial charge on any atom is -0.508 e. The SMILES string of the molecule is Cc1cc(C(=O)NC(C)C(=O)O)ccc1O. The number of carboxylic acid groups (broad SMARTS) is 1. The number of hydrogen-bond acceptors (Lipinski definition) is 3. The molecule has 1 amide bonds. The molecule has 5 heteroatoms. The summed E-state index contributed by atoms with van der Waals surface area (Å²) in [5.41, 5.74) is 0.888. The van der Waals surface area contributed by atoms with Gasteiger partial charge in [-0.05, 0) is 37.6 Å². The minimum absolute atomic E-state index is 0.0998. The number of benzene rings is 1. The van der Waals surface area contributed by atoms with Gasteiger partial charge in [0.15, 0.2) is 0 Å². The first-order valence-corrected chi connectivity index (χ1v) is 4.75. The molecule has 0 saturated heterocycles. The third-order valence-electron chi connectivity index (χ3n) is 2.18. The molecular formula is C11H13NO4. The maximum atomic E-state index is 11.6. The van der Waals surface area contributed by atoms with E-state index in [0.29, 0.717) is 11.1 Å². The molecule has 1 atom stereocenters. The topological polar surface area (TPSA) is 86.6 Å². The molecule has 16 heavy (non-hydrogen) atoms. The number of carboxylic acids is 1. The molecule has 0 saturated carbocycles. The third-order valence-corrected chi connectivity index (χ3v) is 2.18. The molecule has 86 valence electrons. The van der Waals surface area contributed by atoms with E-state index in [1.807, 2.05) is 0 Å². The maximum Gasteiger partial charge on any atom is 0.325 e. The van der Waals surface area contributed by atoms with Crippen molar-refractivity contribution < 1.29 is 19.8 Å². The van der Waals surface area contributed by atoms with Crippen molar-refractivity contribution in [3.05, 3.63) is 29.3 Å². The van der Waals surface area contributed by atoms with Crippen LogP contribution in [0.3, 0.4) is 0 Å². The molecule has 0 spiro atoms. The van der Waals surface area contributed by atoms with Crippen molar-refractivity contribution in [3.8, 4) is 5.75 Å². The quantitative estimate of drug-likeness (QED) is 0.710. The Kier molecular flexibility index (Phi) is 3.50. The van der Waals surface area contributed by atoms with Gasteiger partial charge in [0.2, 0.25) is 0 Å². The van der Waals surface area contributed by atoms with Crippen LogP contribution in [0.15, 0.2) is 18.2 Å². The molecule has 3 N–H and O–H groups in total. The van der Waals surface area contributed by atoms with E-state index in [2.05, 4.69) is 5.32 Å². The summed E-state index contributed by atoms with van der Waals surface area (Å²) in [5, 5.41) is 20.2. The van der Waals surface area contributed by atoms with Crippen LogP contribution in [0.5, 0.6) is 5.75 Å². The van der Waals surface area contributed by atoms with Gasteiger partial charge >= 0.3 is 5.97 Å². The number of aliphatic carboxylic acids is 1. The van der Waals surface area contributed by atoms with Crippen LogP contribution < -0.4 is 5.32 Å². The van der Waals surface area contributed by atoms with Crippen molar-refractivity contribution in [2.75, 3.05) is 0 Å². The molecule has 0 aliphatic carbocycles. The van der Waals surface area contributed by atoms with Gasteiger partial charge in [-0.2, -0.15) is 0 Å². The number of aromatic hydroxyl groups is 1. The second-order valence-electron chi connectivity index (χ2n) is 3.53. The maximum absolute atomic E-state index is 11.6. The van der Waals surface area contributed by atoms with E-state index in [-0.39, 0.29) is 5.75 Å². The second kappa shape index (κ2) is 4.65. The smallest absolute Gasteiger partial charge is 0.325 e. The number of amides is 1. The number of carbonyl (C=O) groups is 2. The molecule has 1 aromatic rings. The van der Waals surface area contributed by atoms with Crippen LogP contribution >= 0.6 is 0 Å². The third kappa shape index (κ3) is 2.73. The lowest BCUT2D eigenvalue weighted by Gasteiger charge is -2.09. The average Bonchev–Trinajstić information content (AvgIpc) is 2.21. The summed E-state index contributed by atoms with van der Waals surface area (Å²) < 4.78 is 0. The van der Waals surface area contributed by atoms with Crippen molar-refractivity contribution in [3.63, 3.8) is 0 Å². The summed E-state index contributed by atoms with van der Waals surface area (Å²) >= 11 is 0. The number of phenols is 1. The van der Waals surface area contributed by atoms with E-state index in [1.165, 1.54) is 25.1 Å².